The Balaban J connectivity index is 0.000000873. The number of primary amides is 1. The van der Waals surface area contributed by atoms with E-state index in [0.717, 1.165) is 11.4 Å². The van der Waals surface area contributed by atoms with Gasteiger partial charge in [0.2, 0.25) is 6.41 Å². The Morgan fingerprint density at radius 1 is 1.67 bits per heavy atom. The molecule has 0 aromatic carbocycles. The van der Waals surface area contributed by atoms with Crippen LogP contribution in [0.1, 0.15) is 24.2 Å². The van der Waals surface area contributed by atoms with Crippen LogP contribution in [0, 0.1) is 11.7 Å². The summed E-state index contributed by atoms with van der Waals surface area (Å²) in [4.78, 5) is 11.7. The van der Waals surface area contributed by atoms with Crippen LogP contribution >= 0.6 is 12.2 Å². The molecule has 1 unspecified atom stereocenters. The number of hydrogen-bond donors (Lipinski definition) is 2. The van der Waals surface area contributed by atoms with Crippen molar-refractivity contribution in [3.8, 4) is 0 Å². The van der Waals surface area contributed by atoms with E-state index in [1.807, 2.05) is 6.92 Å². The predicted octanol–water partition coefficient (Wildman–Crippen LogP) is 1.68. The first kappa shape index (κ1) is 16.8. The summed E-state index contributed by atoms with van der Waals surface area (Å²) in [6.07, 6.45) is 0.250. The zero-order valence-electron chi connectivity index (χ0n) is 10.9. The van der Waals surface area contributed by atoms with Crippen LogP contribution in [-0.4, -0.2) is 36.4 Å². The van der Waals surface area contributed by atoms with Crippen molar-refractivity contribution in [1.82, 2.24) is 9.55 Å². The van der Waals surface area contributed by atoms with Gasteiger partial charge in [-0.05, 0) is 19.1 Å². The fraction of sp³-hybridized carbons (Fsp3) is 0.636. The minimum Gasteiger partial charge on any atom is -0.384 e. The molecule has 1 amide bonds. The lowest BCUT2D eigenvalue weighted by molar-refractivity contribution is -0.106. The molecule has 0 aliphatic rings. The third-order valence-corrected chi connectivity index (χ3v) is 2.82. The molecule has 0 aliphatic heterocycles. The predicted molar refractivity (Wildman–Crippen MR) is 70.9 cm³/mol. The van der Waals surface area contributed by atoms with Crippen molar-refractivity contribution < 1.29 is 13.9 Å². The minimum absolute atomic E-state index is 0.248. The van der Waals surface area contributed by atoms with E-state index in [-0.39, 0.29) is 12.3 Å². The number of aromatic nitrogens is 2. The van der Waals surface area contributed by atoms with E-state index in [2.05, 4.69) is 17.6 Å². The Morgan fingerprint density at radius 3 is 2.67 bits per heavy atom. The molecule has 3 N–H and O–H groups in total. The molecular weight excluding hydrogens is 257 g/mol. The molecule has 1 heterocycles. The largest absolute Gasteiger partial charge is 0.384 e. The summed E-state index contributed by atoms with van der Waals surface area (Å²) in [6, 6.07) is 0. The summed E-state index contributed by atoms with van der Waals surface area (Å²) in [7, 11) is 1.67. The highest BCUT2D eigenvalue weighted by atomic mass is 32.1. The summed E-state index contributed by atoms with van der Waals surface area (Å²) in [6.45, 7) is 4.55. The minimum atomic E-state index is -0.398. The van der Waals surface area contributed by atoms with Gasteiger partial charge in [-0.15, -0.1) is 0 Å². The molecule has 1 aromatic rings. The third-order valence-electron chi connectivity index (χ3n) is 2.50. The van der Waals surface area contributed by atoms with Gasteiger partial charge in [0.1, 0.15) is 6.67 Å². The van der Waals surface area contributed by atoms with Crippen LogP contribution in [-0.2, 0) is 16.1 Å². The normalized spacial score (nSPS) is 11.6. The Bertz CT molecular complexity index is 417. The second kappa shape index (κ2) is 8.82. The molecule has 104 valence electrons. The number of carbonyl (C=O) groups is 1. The Labute approximate surface area is 111 Å². The highest BCUT2D eigenvalue weighted by Gasteiger charge is 2.13. The molecule has 0 saturated carbocycles. The maximum Gasteiger partial charge on any atom is 0.204 e. The SMILES string of the molecule is COCC(C)c1[nH]c(=S)n(CCF)c1C.NC=O. The number of amides is 1. The van der Waals surface area contributed by atoms with Crippen LogP contribution in [0.3, 0.4) is 0 Å². The summed E-state index contributed by atoms with van der Waals surface area (Å²) in [5.74, 6) is 0.248. The van der Waals surface area contributed by atoms with E-state index in [0.29, 0.717) is 17.9 Å². The molecule has 7 heteroatoms. The summed E-state index contributed by atoms with van der Waals surface area (Å²) >= 11 is 5.13. The number of alkyl halides is 1. The number of H-pyrrole nitrogens is 1. The number of aromatic amines is 1. The summed E-state index contributed by atoms with van der Waals surface area (Å²) in [5, 5.41) is 0. The van der Waals surface area contributed by atoms with E-state index in [1.165, 1.54) is 0 Å². The Morgan fingerprint density at radius 2 is 2.22 bits per heavy atom. The molecule has 18 heavy (non-hydrogen) atoms. The van der Waals surface area contributed by atoms with Crippen LogP contribution < -0.4 is 5.73 Å². The van der Waals surface area contributed by atoms with E-state index in [1.54, 1.807) is 11.7 Å². The number of rotatable bonds is 5. The zero-order valence-corrected chi connectivity index (χ0v) is 11.7. The first-order valence-electron chi connectivity index (χ1n) is 5.53. The average molecular weight is 277 g/mol. The number of nitrogens with zero attached hydrogens (tertiary/aromatic N) is 1. The molecule has 1 rings (SSSR count). The molecule has 0 bridgehead atoms. The van der Waals surface area contributed by atoms with Crippen molar-refractivity contribution in [3.63, 3.8) is 0 Å². The number of methoxy groups -OCH3 is 1. The first-order valence-corrected chi connectivity index (χ1v) is 5.93. The lowest BCUT2D eigenvalue weighted by atomic mass is 10.1. The van der Waals surface area contributed by atoms with Gasteiger partial charge < -0.3 is 20.0 Å². The molecule has 1 atom stereocenters. The topological polar surface area (TPSA) is 73.0 Å². The Hall–Kier alpha value is -1.21. The molecule has 1 aromatic heterocycles. The van der Waals surface area contributed by atoms with Crippen molar-refractivity contribution >= 4 is 18.6 Å². The molecule has 0 fully saturated rings. The van der Waals surface area contributed by atoms with Crippen LogP contribution in [0.15, 0.2) is 0 Å². The van der Waals surface area contributed by atoms with Crippen molar-refractivity contribution in [3.05, 3.63) is 16.2 Å². The Kier molecular flexibility index (Phi) is 8.23. The standard InChI is InChI=1S/C10H17FN2OS.CH3NO/c1-7(6-14-3)9-8(2)13(5-4-11)10(15)12-9;2-1-3/h7H,4-6H2,1-3H3,(H,12,15);1H,(H2,2,3). The van der Waals surface area contributed by atoms with Gasteiger partial charge in [0, 0.05) is 24.4 Å². The molecule has 5 nitrogen and oxygen atoms in total. The van der Waals surface area contributed by atoms with E-state index >= 15 is 0 Å². The molecule has 0 aliphatic carbocycles. The quantitative estimate of drug-likeness (QED) is 0.635. The fourth-order valence-corrected chi connectivity index (χ4v) is 2.08. The monoisotopic (exact) mass is 277 g/mol. The highest BCUT2D eigenvalue weighted by molar-refractivity contribution is 7.71. The first-order chi connectivity index (χ1) is 8.53. The lowest BCUT2D eigenvalue weighted by Crippen LogP contribution is -2.06. The highest BCUT2D eigenvalue weighted by Crippen LogP contribution is 2.18. The van der Waals surface area contributed by atoms with Gasteiger partial charge in [0.15, 0.2) is 4.77 Å². The van der Waals surface area contributed by atoms with E-state index in [9.17, 15) is 4.39 Å². The smallest absolute Gasteiger partial charge is 0.204 e. The van der Waals surface area contributed by atoms with Gasteiger partial charge >= 0.3 is 0 Å². The van der Waals surface area contributed by atoms with E-state index < -0.39 is 6.67 Å². The second-order valence-corrected chi connectivity index (χ2v) is 4.15. The van der Waals surface area contributed by atoms with E-state index in [4.69, 9.17) is 21.7 Å². The number of imidazole rings is 1. The maximum atomic E-state index is 12.3. The summed E-state index contributed by atoms with van der Waals surface area (Å²) < 4.78 is 19.8. The van der Waals surface area contributed by atoms with Crippen molar-refractivity contribution in [1.29, 1.82) is 0 Å². The van der Waals surface area contributed by atoms with Gasteiger partial charge in [-0.2, -0.15) is 0 Å². The van der Waals surface area contributed by atoms with Gasteiger partial charge in [-0.3, -0.25) is 4.79 Å². The van der Waals surface area contributed by atoms with Crippen LogP contribution in [0.5, 0.6) is 0 Å². The number of nitrogens with one attached hydrogen (secondary N) is 1. The van der Waals surface area contributed by atoms with Gasteiger partial charge in [0.25, 0.3) is 0 Å². The van der Waals surface area contributed by atoms with Crippen LogP contribution in [0.25, 0.3) is 0 Å². The number of nitrogens with two attached hydrogens (primary N) is 1. The van der Waals surface area contributed by atoms with Gasteiger partial charge in [-0.1, -0.05) is 6.92 Å². The number of halogens is 1. The van der Waals surface area contributed by atoms with Gasteiger partial charge in [0.05, 0.1) is 13.2 Å². The molecular formula is C11H20FN3O2S. The van der Waals surface area contributed by atoms with Crippen molar-refractivity contribution in [2.24, 2.45) is 5.73 Å². The molecule has 0 radical (unpaired) electrons. The van der Waals surface area contributed by atoms with Gasteiger partial charge in [-0.25, -0.2) is 4.39 Å². The fourth-order valence-electron chi connectivity index (χ4n) is 1.74. The zero-order chi connectivity index (χ0) is 14.1. The van der Waals surface area contributed by atoms with Crippen LogP contribution in [0.4, 0.5) is 4.39 Å². The molecule has 0 saturated heterocycles. The second-order valence-electron chi connectivity index (χ2n) is 3.76. The van der Waals surface area contributed by atoms with Crippen LogP contribution in [0.2, 0.25) is 0 Å². The third kappa shape index (κ3) is 4.58. The maximum absolute atomic E-state index is 12.3. The molecule has 0 spiro atoms. The summed E-state index contributed by atoms with van der Waals surface area (Å²) in [5.41, 5.74) is 6.21. The van der Waals surface area contributed by atoms with Crippen molar-refractivity contribution in [2.45, 2.75) is 26.3 Å². The lowest BCUT2D eigenvalue weighted by Gasteiger charge is -2.10. The number of carbonyl (C=O) groups excluding carboxylic acids is 1. The number of ether oxygens (including phenoxy) is 1. The number of hydrogen-bond acceptors (Lipinski definition) is 3. The average Bonchev–Trinajstić information content (AvgIpc) is 2.59. The van der Waals surface area contributed by atoms with Crippen molar-refractivity contribution in [2.75, 3.05) is 20.4 Å².